The maximum Gasteiger partial charge on any atom is 0.323 e. The first-order chi connectivity index (χ1) is 37.7. The predicted octanol–water partition coefficient (Wildman–Crippen LogP) is 8.41. The van der Waals surface area contributed by atoms with Gasteiger partial charge in [0.1, 0.15) is 55.9 Å². The van der Waals surface area contributed by atoms with E-state index in [1.165, 1.54) is 54.1 Å². The van der Waals surface area contributed by atoms with E-state index >= 15 is 0 Å². The predicted molar refractivity (Wildman–Crippen MR) is 321 cm³/mol. The van der Waals surface area contributed by atoms with Gasteiger partial charge in [-0.3, -0.25) is 19.2 Å². The van der Waals surface area contributed by atoms with Crippen molar-refractivity contribution in [2.45, 2.75) is 25.0 Å². The SMILES string of the molecule is BrCc1ccc2ccccc2c1.Clc1nc[nH]c1Cl.O=C(O)CBr.O=C(O)CN1CN(Cc2ccc3ccccc3c2)C(Cl)=C1Cl.O=C(O)CN1CN(Cc2ccc3ccccc3c2)C(Cl)=C1Cl.O=C(O)Cn1cnc(Cl)c1Cl.[Br-].[Br-]. The van der Waals surface area contributed by atoms with Gasteiger partial charge in [-0.25, -0.2) is 9.97 Å². The summed E-state index contributed by atoms with van der Waals surface area (Å²) >= 11 is 52.5. The smallest absolute Gasteiger partial charge is 0.323 e. The molecule has 28 heteroatoms. The molecule has 4 heterocycles. The number of hydrogen-bond donors (Lipinski definition) is 5. The van der Waals surface area contributed by atoms with E-state index in [1.54, 1.807) is 0 Å². The number of nitrogens with zero attached hydrogens (tertiary/aromatic N) is 7. The number of aliphatic carboxylic acids is 4. The fourth-order valence-corrected chi connectivity index (χ4v) is 9.07. The minimum atomic E-state index is -0.985. The van der Waals surface area contributed by atoms with Crippen LogP contribution in [-0.4, -0.2) is 115 Å². The van der Waals surface area contributed by atoms with E-state index in [2.05, 4.69) is 138 Å². The molecule has 5 N–H and O–H groups in total. The Bertz CT molecular complexity index is 3320. The number of aromatic amines is 1. The molecule has 0 saturated carbocycles. The Balaban J connectivity index is 0.000000271. The Morgan fingerprint density at radius 3 is 1.12 bits per heavy atom. The molecule has 2 aromatic heterocycles. The van der Waals surface area contributed by atoms with Crippen molar-refractivity contribution in [1.82, 2.24) is 39.1 Å². The van der Waals surface area contributed by atoms with Crippen molar-refractivity contribution in [3.63, 3.8) is 0 Å². The van der Waals surface area contributed by atoms with Crippen molar-refractivity contribution in [2.75, 3.05) is 31.8 Å². The molecule has 0 radical (unpaired) electrons. The summed E-state index contributed by atoms with van der Waals surface area (Å²) in [6, 6.07) is 43.6. The van der Waals surface area contributed by atoms with Crippen LogP contribution in [0.2, 0.25) is 20.6 Å². The molecule has 2 aliphatic heterocycles. The molecule has 8 aromatic rings. The Kier molecular flexibility index (Phi) is 30.9. The van der Waals surface area contributed by atoms with Gasteiger partial charge in [0.2, 0.25) is 0 Å². The monoisotopic (exact) mass is 1520 g/mol. The molecule has 16 nitrogen and oxygen atoms in total. The van der Waals surface area contributed by atoms with Crippen molar-refractivity contribution < 1.29 is 73.6 Å². The number of carbonyl (C=O) groups is 4. The lowest BCUT2D eigenvalue weighted by Gasteiger charge is -2.21. The van der Waals surface area contributed by atoms with E-state index in [0.29, 0.717) is 47.0 Å². The van der Waals surface area contributed by atoms with Crippen molar-refractivity contribution in [3.05, 3.63) is 198 Å². The van der Waals surface area contributed by atoms with E-state index in [9.17, 15) is 19.2 Å². The molecular formula is C53H46Br4Cl8N8O8-2. The number of nitrogens with one attached hydrogen (secondary N) is 1. The molecule has 0 unspecified atom stereocenters. The first kappa shape index (κ1) is 70.6. The van der Waals surface area contributed by atoms with E-state index < -0.39 is 23.9 Å². The summed E-state index contributed by atoms with van der Waals surface area (Å²) in [5, 5.41) is 44.4. The van der Waals surface area contributed by atoms with Crippen LogP contribution in [0.25, 0.3) is 32.3 Å². The van der Waals surface area contributed by atoms with Crippen LogP contribution in [0.1, 0.15) is 16.7 Å². The highest BCUT2D eigenvalue weighted by Gasteiger charge is 2.29. The van der Waals surface area contributed by atoms with E-state index in [0.717, 1.165) is 27.2 Å². The van der Waals surface area contributed by atoms with E-state index in [1.807, 2.05) is 46.2 Å². The van der Waals surface area contributed by atoms with Crippen LogP contribution >= 0.6 is 125 Å². The number of halogens is 12. The highest BCUT2D eigenvalue weighted by Crippen LogP contribution is 2.33. The zero-order valence-electron chi connectivity index (χ0n) is 41.7. The van der Waals surface area contributed by atoms with Crippen LogP contribution in [0.4, 0.5) is 0 Å². The lowest BCUT2D eigenvalue weighted by Crippen LogP contribution is -3.00. The van der Waals surface area contributed by atoms with Gasteiger partial charge in [0.15, 0.2) is 10.3 Å². The quantitative estimate of drug-likeness (QED) is 0.0575. The standard InChI is InChI=1S/2C16H14Cl2N2O2.C11H9Br.C5H4Cl2N2O2.C3H2Cl2N2.C2H3BrO2.2BrH/c2*17-15-16(18)20(9-14(21)22)10-19(15)8-11-5-6-12-3-1-2-4-13(12)7-11;12-8-9-5-6-10-3-1-2-4-11(10)7-9;6-4-5(7)9(2-8-4)1-3(10)11;4-2-3(5)7-1-6-2;3-1-2(4)5;;/h2*1-7H,8-10H2,(H,21,22);1-7H,8H2;2H,1H2,(H,10,11);1H,(H,6,7);1H2,(H,4,5);2*1H/p-2. The van der Waals surface area contributed by atoms with Gasteiger partial charge in [-0.15, -0.1) is 0 Å². The first-order valence-electron chi connectivity index (χ1n) is 22.9. The average molecular weight is 1530 g/mol. The second-order valence-electron chi connectivity index (χ2n) is 16.6. The molecule has 10 rings (SSSR count). The maximum atomic E-state index is 10.8. The summed E-state index contributed by atoms with van der Waals surface area (Å²) in [6.45, 7) is 1.35. The molecule has 432 valence electrons. The molecule has 81 heavy (non-hydrogen) atoms. The Morgan fingerprint density at radius 1 is 0.469 bits per heavy atom. The number of fused-ring (bicyclic) bond motifs is 3. The normalized spacial score (nSPS) is 12.3. The van der Waals surface area contributed by atoms with Gasteiger partial charge < -0.3 is 83.5 Å². The number of H-pyrrole nitrogens is 1. The third kappa shape index (κ3) is 22.4. The zero-order chi connectivity index (χ0) is 57.8. The number of carboxylic acids is 4. The molecule has 2 aliphatic rings. The van der Waals surface area contributed by atoms with Crippen molar-refractivity contribution >= 4 is 181 Å². The molecule has 0 saturated heterocycles. The minimum Gasteiger partial charge on any atom is -1.00 e. The number of carboxylic acid groups (broad SMARTS) is 4. The number of aromatic nitrogens is 4. The van der Waals surface area contributed by atoms with Crippen LogP contribution in [0.3, 0.4) is 0 Å². The topological polar surface area (TPSA) is 209 Å². The molecule has 6 aromatic carbocycles. The summed E-state index contributed by atoms with van der Waals surface area (Å²) < 4.78 is 1.24. The average Bonchev–Trinajstić information content (AvgIpc) is 4.13. The fraction of sp³-hybridized carbons (Fsp3) is 0.170. The largest absolute Gasteiger partial charge is 1.00 e. The van der Waals surface area contributed by atoms with Gasteiger partial charge in [0, 0.05) is 18.4 Å². The van der Waals surface area contributed by atoms with Crippen LogP contribution < -0.4 is 34.0 Å². The van der Waals surface area contributed by atoms with Gasteiger partial charge in [-0.1, -0.05) is 240 Å². The molecule has 0 amide bonds. The molecule has 0 aliphatic carbocycles. The van der Waals surface area contributed by atoms with E-state index in [-0.39, 0.29) is 79.5 Å². The summed E-state index contributed by atoms with van der Waals surface area (Å²) in [5.74, 6) is -3.68. The Morgan fingerprint density at radius 2 is 0.827 bits per heavy atom. The Labute approximate surface area is 543 Å². The van der Waals surface area contributed by atoms with Gasteiger partial charge in [-0.05, 0) is 61.1 Å². The van der Waals surface area contributed by atoms with Crippen LogP contribution in [0.5, 0.6) is 0 Å². The Hall–Kier alpha value is -4.68. The van der Waals surface area contributed by atoms with Crippen molar-refractivity contribution in [3.8, 4) is 0 Å². The van der Waals surface area contributed by atoms with Gasteiger partial charge >= 0.3 is 23.9 Å². The van der Waals surface area contributed by atoms with Gasteiger partial charge in [0.25, 0.3) is 0 Å². The van der Waals surface area contributed by atoms with Crippen LogP contribution in [0.15, 0.2) is 161 Å². The van der Waals surface area contributed by atoms with Gasteiger partial charge in [-0.2, -0.15) is 0 Å². The fourth-order valence-electron chi connectivity index (χ4n) is 7.28. The summed E-state index contributed by atoms with van der Waals surface area (Å²) in [5.41, 5.74) is 3.52. The lowest BCUT2D eigenvalue weighted by molar-refractivity contribution is -0.138. The number of imidazole rings is 2. The highest BCUT2D eigenvalue weighted by molar-refractivity contribution is 9.09. The molecular weight excluding hydrogens is 1480 g/mol. The highest BCUT2D eigenvalue weighted by atomic mass is 79.9. The molecule has 0 fully saturated rings. The zero-order valence-corrected chi connectivity index (χ0v) is 54.1. The second-order valence-corrected chi connectivity index (χ2v) is 20.6. The number of rotatable bonds is 12. The van der Waals surface area contributed by atoms with Crippen LogP contribution in [0, 0.1) is 0 Å². The number of alkyl halides is 2. The van der Waals surface area contributed by atoms with Gasteiger partial charge in [0.05, 0.1) is 26.0 Å². The van der Waals surface area contributed by atoms with Crippen molar-refractivity contribution in [1.29, 1.82) is 0 Å². The third-order valence-corrected chi connectivity index (χ3v) is 15.3. The third-order valence-electron chi connectivity index (χ3n) is 10.8. The second kappa shape index (κ2) is 35.5. The summed E-state index contributed by atoms with van der Waals surface area (Å²) in [7, 11) is 0. The molecule has 0 atom stereocenters. The number of benzene rings is 6. The molecule has 0 bridgehead atoms. The first-order valence-corrected chi connectivity index (χ1v) is 28.2. The molecule has 0 spiro atoms. The van der Waals surface area contributed by atoms with E-state index in [4.69, 9.17) is 113 Å². The van der Waals surface area contributed by atoms with Crippen molar-refractivity contribution in [2.24, 2.45) is 0 Å². The minimum absolute atomic E-state index is 0. The van der Waals surface area contributed by atoms with Crippen LogP contribution in [-0.2, 0) is 44.1 Å². The number of hydrogen-bond acceptors (Lipinski definition) is 10. The maximum absolute atomic E-state index is 10.8. The summed E-state index contributed by atoms with van der Waals surface area (Å²) in [4.78, 5) is 57.7. The lowest BCUT2D eigenvalue weighted by atomic mass is 10.1. The summed E-state index contributed by atoms with van der Waals surface area (Å²) in [6.07, 6.45) is 2.71.